The standard InChI is InChI=1S/C11H14BrNO2/c1-13-10-6-14-11(15-7-10)8-2-4-9(12)5-3-8/h2-5,10-11,13H,6-7H2,1H3. The Hall–Kier alpha value is -0.420. The van der Waals surface area contributed by atoms with E-state index in [1.165, 1.54) is 0 Å². The predicted molar refractivity (Wildman–Crippen MR) is 61.6 cm³/mol. The Morgan fingerprint density at radius 2 is 1.80 bits per heavy atom. The van der Waals surface area contributed by atoms with Crippen molar-refractivity contribution in [3.05, 3.63) is 34.3 Å². The lowest BCUT2D eigenvalue weighted by atomic mass is 10.2. The summed E-state index contributed by atoms with van der Waals surface area (Å²) >= 11 is 3.40. The van der Waals surface area contributed by atoms with Crippen LogP contribution in [0.25, 0.3) is 0 Å². The molecule has 0 unspecified atom stereocenters. The van der Waals surface area contributed by atoms with Crippen LogP contribution in [0.3, 0.4) is 0 Å². The van der Waals surface area contributed by atoms with Gasteiger partial charge in [0, 0.05) is 10.0 Å². The normalized spacial score (nSPS) is 26.5. The van der Waals surface area contributed by atoms with E-state index in [2.05, 4.69) is 21.2 Å². The SMILES string of the molecule is CNC1COC(c2ccc(Br)cc2)OC1. The Morgan fingerprint density at radius 3 is 2.33 bits per heavy atom. The van der Waals surface area contributed by atoms with Gasteiger partial charge in [0.1, 0.15) is 0 Å². The molecule has 1 fully saturated rings. The molecule has 3 nitrogen and oxygen atoms in total. The maximum absolute atomic E-state index is 5.61. The summed E-state index contributed by atoms with van der Waals surface area (Å²) in [5.74, 6) is 0. The van der Waals surface area contributed by atoms with Gasteiger partial charge in [-0.05, 0) is 19.2 Å². The van der Waals surface area contributed by atoms with Crippen molar-refractivity contribution >= 4 is 15.9 Å². The van der Waals surface area contributed by atoms with Gasteiger partial charge in [-0.3, -0.25) is 0 Å². The lowest BCUT2D eigenvalue weighted by molar-refractivity contribution is -0.193. The Bertz CT molecular complexity index is 307. The number of hydrogen-bond donors (Lipinski definition) is 1. The van der Waals surface area contributed by atoms with Gasteiger partial charge in [0.25, 0.3) is 0 Å². The van der Waals surface area contributed by atoms with Crippen LogP contribution in [0.2, 0.25) is 0 Å². The first kappa shape index (κ1) is 11.1. The van der Waals surface area contributed by atoms with Gasteiger partial charge in [-0.25, -0.2) is 0 Å². The molecule has 0 saturated carbocycles. The summed E-state index contributed by atoms with van der Waals surface area (Å²) in [6, 6.07) is 8.30. The van der Waals surface area contributed by atoms with Crippen molar-refractivity contribution in [2.75, 3.05) is 20.3 Å². The van der Waals surface area contributed by atoms with E-state index in [0.717, 1.165) is 10.0 Å². The van der Waals surface area contributed by atoms with Crippen molar-refractivity contribution in [1.29, 1.82) is 0 Å². The number of ether oxygens (including phenoxy) is 2. The summed E-state index contributed by atoms with van der Waals surface area (Å²) in [6.07, 6.45) is -0.220. The van der Waals surface area contributed by atoms with Gasteiger partial charge in [0.05, 0.1) is 19.3 Å². The maximum atomic E-state index is 5.61. The Kier molecular flexibility index (Phi) is 3.75. The van der Waals surface area contributed by atoms with Crippen molar-refractivity contribution in [1.82, 2.24) is 5.32 Å². The molecule has 1 aliphatic heterocycles. The summed E-state index contributed by atoms with van der Waals surface area (Å²) in [7, 11) is 1.91. The fourth-order valence-corrected chi connectivity index (χ4v) is 1.75. The third-order valence-electron chi connectivity index (χ3n) is 2.45. The molecule has 0 radical (unpaired) electrons. The average Bonchev–Trinajstić information content (AvgIpc) is 2.30. The summed E-state index contributed by atoms with van der Waals surface area (Å²) in [6.45, 7) is 1.38. The number of rotatable bonds is 2. The third-order valence-corrected chi connectivity index (χ3v) is 2.98. The molecule has 0 atom stereocenters. The smallest absolute Gasteiger partial charge is 0.183 e. The molecule has 1 aromatic rings. The number of likely N-dealkylation sites (N-methyl/N-ethyl adjacent to an activating group) is 1. The van der Waals surface area contributed by atoms with Gasteiger partial charge in [0.2, 0.25) is 0 Å². The molecule has 15 heavy (non-hydrogen) atoms. The predicted octanol–water partition coefficient (Wildman–Crippen LogP) is 2.08. The molecule has 0 spiro atoms. The first-order valence-electron chi connectivity index (χ1n) is 4.95. The largest absolute Gasteiger partial charge is 0.347 e. The minimum Gasteiger partial charge on any atom is -0.347 e. The Morgan fingerprint density at radius 1 is 1.20 bits per heavy atom. The second-order valence-corrected chi connectivity index (χ2v) is 4.45. The number of hydrogen-bond acceptors (Lipinski definition) is 3. The average molecular weight is 272 g/mol. The molecule has 1 aromatic carbocycles. The zero-order valence-corrected chi connectivity index (χ0v) is 10.2. The Balaban J connectivity index is 1.98. The molecule has 1 heterocycles. The molecule has 4 heteroatoms. The number of benzene rings is 1. The monoisotopic (exact) mass is 271 g/mol. The van der Waals surface area contributed by atoms with E-state index in [1.807, 2.05) is 31.3 Å². The van der Waals surface area contributed by atoms with Crippen LogP contribution in [0.15, 0.2) is 28.7 Å². The van der Waals surface area contributed by atoms with Gasteiger partial charge in [0.15, 0.2) is 6.29 Å². The first-order chi connectivity index (χ1) is 7.29. The fourth-order valence-electron chi connectivity index (χ4n) is 1.48. The molecule has 1 N–H and O–H groups in total. The van der Waals surface area contributed by atoms with E-state index in [-0.39, 0.29) is 6.29 Å². The van der Waals surface area contributed by atoms with Gasteiger partial charge in [-0.15, -0.1) is 0 Å². The molecule has 1 saturated heterocycles. The lowest BCUT2D eigenvalue weighted by Gasteiger charge is -2.29. The van der Waals surface area contributed by atoms with Crippen LogP contribution in [0.4, 0.5) is 0 Å². The van der Waals surface area contributed by atoms with Crippen LogP contribution in [0.5, 0.6) is 0 Å². The summed E-state index contributed by atoms with van der Waals surface area (Å²) in [4.78, 5) is 0. The third kappa shape index (κ3) is 2.78. The first-order valence-corrected chi connectivity index (χ1v) is 5.75. The van der Waals surface area contributed by atoms with E-state index >= 15 is 0 Å². The number of halogens is 1. The molecule has 82 valence electrons. The van der Waals surface area contributed by atoms with E-state index < -0.39 is 0 Å². The van der Waals surface area contributed by atoms with Gasteiger partial charge < -0.3 is 14.8 Å². The van der Waals surface area contributed by atoms with Crippen molar-refractivity contribution in [3.63, 3.8) is 0 Å². The highest BCUT2D eigenvalue weighted by atomic mass is 79.9. The minimum atomic E-state index is -0.220. The lowest BCUT2D eigenvalue weighted by Crippen LogP contribution is -2.40. The van der Waals surface area contributed by atoms with E-state index in [1.54, 1.807) is 0 Å². The van der Waals surface area contributed by atoms with Crippen molar-refractivity contribution in [3.8, 4) is 0 Å². The molecule has 0 aromatic heterocycles. The molecular formula is C11H14BrNO2. The van der Waals surface area contributed by atoms with Crippen LogP contribution in [0.1, 0.15) is 11.9 Å². The second-order valence-electron chi connectivity index (χ2n) is 3.54. The topological polar surface area (TPSA) is 30.5 Å². The van der Waals surface area contributed by atoms with Crippen molar-refractivity contribution < 1.29 is 9.47 Å². The van der Waals surface area contributed by atoms with Crippen LogP contribution < -0.4 is 5.32 Å². The quantitative estimate of drug-likeness (QED) is 0.894. The molecule has 0 amide bonds. The molecule has 0 aliphatic carbocycles. The Labute approximate surface area is 97.9 Å². The summed E-state index contributed by atoms with van der Waals surface area (Å²) < 4.78 is 12.3. The van der Waals surface area contributed by atoms with E-state index in [0.29, 0.717) is 19.3 Å². The van der Waals surface area contributed by atoms with Crippen molar-refractivity contribution in [2.24, 2.45) is 0 Å². The second kappa shape index (κ2) is 5.07. The zero-order chi connectivity index (χ0) is 10.7. The highest BCUT2D eigenvalue weighted by Gasteiger charge is 2.21. The molecule has 0 bridgehead atoms. The molecule has 2 rings (SSSR count). The maximum Gasteiger partial charge on any atom is 0.183 e. The van der Waals surface area contributed by atoms with Gasteiger partial charge in [-0.1, -0.05) is 28.1 Å². The van der Waals surface area contributed by atoms with Crippen LogP contribution in [-0.2, 0) is 9.47 Å². The van der Waals surface area contributed by atoms with E-state index in [9.17, 15) is 0 Å². The zero-order valence-electron chi connectivity index (χ0n) is 8.57. The van der Waals surface area contributed by atoms with Crippen LogP contribution >= 0.6 is 15.9 Å². The van der Waals surface area contributed by atoms with Crippen LogP contribution in [-0.4, -0.2) is 26.3 Å². The van der Waals surface area contributed by atoms with Crippen molar-refractivity contribution in [2.45, 2.75) is 12.3 Å². The summed E-state index contributed by atoms with van der Waals surface area (Å²) in [5.41, 5.74) is 1.06. The molecule has 1 aliphatic rings. The highest BCUT2D eigenvalue weighted by molar-refractivity contribution is 9.10. The fraction of sp³-hybridized carbons (Fsp3) is 0.455. The number of nitrogens with one attached hydrogen (secondary N) is 1. The van der Waals surface area contributed by atoms with Crippen LogP contribution in [0, 0.1) is 0 Å². The van der Waals surface area contributed by atoms with Gasteiger partial charge >= 0.3 is 0 Å². The van der Waals surface area contributed by atoms with Gasteiger partial charge in [-0.2, -0.15) is 0 Å². The molecular weight excluding hydrogens is 258 g/mol. The minimum absolute atomic E-state index is 0.220. The van der Waals surface area contributed by atoms with E-state index in [4.69, 9.17) is 9.47 Å². The summed E-state index contributed by atoms with van der Waals surface area (Å²) in [5, 5.41) is 3.13. The highest BCUT2D eigenvalue weighted by Crippen LogP contribution is 2.24.